The Hall–Kier alpha value is -3.59. The summed E-state index contributed by atoms with van der Waals surface area (Å²) in [5.74, 6) is 1.92. The summed E-state index contributed by atoms with van der Waals surface area (Å²) < 4.78 is 35.9. The second-order valence-electron chi connectivity index (χ2n) is 6.95. The fourth-order valence-electron chi connectivity index (χ4n) is 3.29. The molecule has 0 saturated carbocycles. The molecule has 0 amide bonds. The molecule has 0 bridgehead atoms. The minimum atomic E-state index is -3.21. The lowest BCUT2D eigenvalue weighted by Crippen LogP contribution is -2.04. The molecule has 31 heavy (non-hydrogen) atoms. The first-order valence-electron chi connectivity index (χ1n) is 9.48. The number of benzene rings is 2. The fourth-order valence-corrected chi connectivity index (χ4v) is 3.92. The van der Waals surface area contributed by atoms with Gasteiger partial charge in [-0.2, -0.15) is 0 Å². The van der Waals surface area contributed by atoms with Gasteiger partial charge in [0.1, 0.15) is 0 Å². The van der Waals surface area contributed by atoms with E-state index in [4.69, 9.17) is 9.47 Å². The summed E-state index contributed by atoms with van der Waals surface area (Å²) in [4.78, 5) is 9.25. The van der Waals surface area contributed by atoms with Crippen LogP contribution in [0.2, 0.25) is 0 Å². The van der Waals surface area contributed by atoms with Gasteiger partial charge in [-0.1, -0.05) is 12.1 Å². The zero-order valence-corrected chi connectivity index (χ0v) is 18.2. The Kier molecular flexibility index (Phi) is 5.51. The number of fused-ring (bicyclic) bond motifs is 1. The van der Waals surface area contributed by atoms with E-state index < -0.39 is 9.84 Å². The van der Waals surface area contributed by atoms with Crippen LogP contribution in [0.3, 0.4) is 0 Å². The van der Waals surface area contributed by atoms with E-state index in [9.17, 15) is 8.42 Å². The second kappa shape index (κ2) is 8.27. The summed E-state index contributed by atoms with van der Waals surface area (Å²) in [5.41, 5.74) is 3.43. The summed E-state index contributed by atoms with van der Waals surface area (Å²) in [6, 6.07) is 12.5. The molecule has 160 valence electrons. The van der Waals surface area contributed by atoms with Gasteiger partial charge in [-0.15, -0.1) is 0 Å². The number of anilines is 1. The first kappa shape index (κ1) is 20.7. The Bertz CT molecular complexity index is 1330. The van der Waals surface area contributed by atoms with E-state index in [1.54, 1.807) is 50.9 Å². The van der Waals surface area contributed by atoms with E-state index in [1.165, 1.54) is 6.26 Å². The van der Waals surface area contributed by atoms with Gasteiger partial charge in [0.2, 0.25) is 0 Å². The van der Waals surface area contributed by atoms with Gasteiger partial charge in [0.25, 0.3) is 0 Å². The average Bonchev–Trinajstić information content (AvgIpc) is 3.21. The summed E-state index contributed by atoms with van der Waals surface area (Å²) in [6.07, 6.45) is 6.53. The van der Waals surface area contributed by atoms with Crippen LogP contribution in [0.15, 0.2) is 66.0 Å². The molecule has 0 saturated heterocycles. The number of ether oxygens (including phenoxy) is 2. The molecule has 2 aromatic carbocycles. The lowest BCUT2D eigenvalue weighted by molar-refractivity contribution is 0.355. The molecule has 0 aliphatic carbocycles. The van der Waals surface area contributed by atoms with Crippen molar-refractivity contribution in [1.82, 2.24) is 14.4 Å². The van der Waals surface area contributed by atoms with Crippen molar-refractivity contribution in [3.05, 3.63) is 66.6 Å². The number of sulfone groups is 1. The van der Waals surface area contributed by atoms with E-state index in [1.807, 2.05) is 28.8 Å². The van der Waals surface area contributed by atoms with Crippen molar-refractivity contribution >= 4 is 21.3 Å². The summed E-state index contributed by atoms with van der Waals surface area (Å²) in [7, 11) is -0.00859. The summed E-state index contributed by atoms with van der Waals surface area (Å²) in [6.45, 7) is 0.481. The van der Waals surface area contributed by atoms with E-state index in [2.05, 4.69) is 15.3 Å². The number of rotatable bonds is 7. The van der Waals surface area contributed by atoms with Crippen molar-refractivity contribution < 1.29 is 17.9 Å². The van der Waals surface area contributed by atoms with Crippen LogP contribution in [-0.2, 0) is 16.4 Å². The third kappa shape index (κ3) is 4.17. The molecule has 0 fully saturated rings. The molecule has 1 N–H and O–H groups in total. The monoisotopic (exact) mass is 438 g/mol. The molecule has 0 atom stereocenters. The van der Waals surface area contributed by atoms with Crippen LogP contribution in [0.5, 0.6) is 11.5 Å². The number of nitrogens with one attached hydrogen (secondary N) is 1. The van der Waals surface area contributed by atoms with Crippen LogP contribution in [0.1, 0.15) is 5.56 Å². The van der Waals surface area contributed by atoms with Gasteiger partial charge in [0.05, 0.1) is 31.0 Å². The molecule has 0 unspecified atom stereocenters. The predicted octanol–water partition coefficient (Wildman–Crippen LogP) is 3.43. The van der Waals surface area contributed by atoms with E-state index in [-0.39, 0.29) is 0 Å². The van der Waals surface area contributed by atoms with E-state index in [0.717, 1.165) is 16.8 Å². The summed E-state index contributed by atoms with van der Waals surface area (Å²) in [5, 5.41) is 3.28. The SMILES string of the molecule is COc1ccc(-c2cnc3c(NCc4ccc(S(C)(=O)=O)cc4)nccn23)cc1OC. The minimum Gasteiger partial charge on any atom is -0.493 e. The normalized spacial score (nSPS) is 11.5. The van der Waals surface area contributed by atoms with Crippen molar-refractivity contribution in [2.24, 2.45) is 0 Å². The topological polar surface area (TPSA) is 94.8 Å². The molecule has 4 rings (SSSR count). The number of hydrogen-bond acceptors (Lipinski definition) is 7. The average molecular weight is 439 g/mol. The smallest absolute Gasteiger partial charge is 0.180 e. The van der Waals surface area contributed by atoms with Gasteiger partial charge >= 0.3 is 0 Å². The number of aromatic nitrogens is 3. The van der Waals surface area contributed by atoms with Gasteiger partial charge in [0.15, 0.2) is 32.8 Å². The maximum Gasteiger partial charge on any atom is 0.180 e. The maximum absolute atomic E-state index is 11.6. The van der Waals surface area contributed by atoms with Crippen LogP contribution in [0.4, 0.5) is 5.82 Å². The highest BCUT2D eigenvalue weighted by atomic mass is 32.2. The molecule has 9 heteroatoms. The zero-order chi connectivity index (χ0) is 22.0. The molecular formula is C22H22N4O4S. The molecule has 0 aliphatic heterocycles. The molecule has 0 aliphatic rings. The Morgan fingerprint density at radius 2 is 1.74 bits per heavy atom. The summed E-state index contributed by atoms with van der Waals surface area (Å²) >= 11 is 0. The highest BCUT2D eigenvalue weighted by Gasteiger charge is 2.13. The largest absolute Gasteiger partial charge is 0.493 e. The Labute approximate surface area is 180 Å². The quantitative estimate of drug-likeness (QED) is 0.472. The molecule has 0 radical (unpaired) electrons. The van der Waals surface area contributed by atoms with Crippen molar-refractivity contribution in [3.8, 4) is 22.8 Å². The first-order valence-corrected chi connectivity index (χ1v) is 11.4. The Morgan fingerprint density at radius 3 is 2.42 bits per heavy atom. The Morgan fingerprint density at radius 1 is 1.00 bits per heavy atom. The third-order valence-corrected chi connectivity index (χ3v) is 6.05. The number of methoxy groups -OCH3 is 2. The fraction of sp³-hybridized carbons (Fsp3) is 0.182. The standard InChI is InChI=1S/C22H22N4O4S/c1-29-19-9-6-16(12-20(19)30-2)18-14-25-22-21(23-10-11-26(18)22)24-13-15-4-7-17(8-5-15)31(3,27)28/h4-12,14H,13H2,1-3H3,(H,23,24). The predicted molar refractivity (Wildman–Crippen MR) is 118 cm³/mol. The lowest BCUT2D eigenvalue weighted by Gasteiger charge is -2.10. The van der Waals surface area contributed by atoms with Crippen molar-refractivity contribution in [1.29, 1.82) is 0 Å². The molecule has 2 aromatic heterocycles. The van der Waals surface area contributed by atoms with Crippen LogP contribution in [0.25, 0.3) is 16.9 Å². The van der Waals surface area contributed by atoms with Gasteiger partial charge in [-0.05, 0) is 35.9 Å². The highest BCUT2D eigenvalue weighted by Crippen LogP contribution is 2.33. The number of hydrogen-bond donors (Lipinski definition) is 1. The van der Waals surface area contributed by atoms with Crippen molar-refractivity contribution in [2.75, 3.05) is 25.8 Å². The van der Waals surface area contributed by atoms with E-state index in [0.29, 0.717) is 34.4 Å². The zero-order valence-electron chi connectivity index (χ0n) is 17.4. The lowest BCUT2D eigenvalue weighted by atomic mass is 10.1. The molecule has 8 nitrogen and oxygen atoms in total. The molecule has 2 heterocycles. The first-order chi connectivity index (χ1) is 14.9. The van der Waals surface area contributed by atoms with Crippen LogP contribution in [0, 0.1) is 0 Å². The van der Waals surface area contributed by atoms with Gasteiger partial charge < -0.3 is 14.8 Å². The van der Waals surface area contributed by atoms with Gasteiger partial charge in [-0.3, -0.25) is 4.40 Å². The number of imidazole rings is 1. The van der Waals surface area contributed by atoms with Crippen molar-refractivity contribution in [2.45, 2.75) is 11.4 Å². The second-order valence-corrected chi connectivity index (χ2v) is 8.97. The third-order valence-electron chi connectivity index (χ3n) is 4.92. The van der Waals surface area contributed by atoms with Crippen LogP contribution >= 0.6 is 0 Å². The van der Waals surface area contributed by atoms with Crippen molar-refractivity contribution in [3.63, 3.8) is 0 Å². The molecular weight excluding hydrogens is 416 g/mol. The van der Waals surface area contributed by atoms with Gasteiger partial charge in [-0.25, -0.2) is 18.4 Å². The molecule has 0 spiro atoms. The number of nitrogens with zero attached hydrogens (tertiary/aromatic N) is 3. The van der Waals surface area contributed by atoms with Crippen LogP contribution < -0.4 is 14.8 Å². The van der Waals surface area contributed by atoms with E-state index >= 15 is 0 Å². The minimum absolute atomic E-state index is 0.296. The maximum atomic E-state index is 11.6. The highest BCUT2D eigenvalue weighted by molar-refractivity contribution is 7.90. The Balaban J connectivity index is 1.61. The van der Waals surface area contributed by atoms with Crippen LogP contribution in [-0.4, -0.2) is 43.3 Å². The van der Waals surface area contributed by atoms with Gasteiger partial charge in [0, 0.05) is 30.8 Å². The molecule has 4 aromatic rings.